The van der Waals surface area contributed by atoms with Gasteiger partial charge in [-0.3, -0.25) is 9.89 Å². The van der Waals surface area contributed by atoms with Crippen molar-refractivity contribution in [2.45, 2.75) is 6.92 Å². The lowest BCUT2D eigenvalue weighted by molar-refractivity contribution is 0.121. The Kier molecular flexibility index (Phi) is 3.27. The van der Waals surface area contributed by atoms with Gasteiger partial charge in [0.2, 0.25) is 0 Å². The van der Waals surface area contributed by atoms with Crippen molar-refractivity contribution in [2.75, 3.05) is 7.11 Å². The van der Waals surface area contributed by atoms with Gasteiger partial charge in [0, 0.05) is 5.56 Å². The number of nitrogens with zero attached hydrogens (tertiary/aromatic N) is 4. The van der Waals surface area contributed by atoms with Crippen LogP contribution in [0.1, 0.15) is 5.56 Å². The summed E-state index contributed by atoms with van der Waals surface area (Å²) in [6.07, 6.45) is 2.08. The quantitative estimate of drug-likeness (QED) is 0.559. The summed E-state index contributed by atoms with van der Waals surface area (Å²) in [5.74, 6) is 0.762. The SMILES string of the molecule is COC(=O)Oc1cn2ncnc(-n3[nH]c(=O)c4ccccc43)c2c1C. The van der Waals surface area contributed by atoms with Crippen molar-refractivity contribution in [1.82, 2.24) is 24.4 Å². The van der Waals surface area contributed by atoms with E-state index in [1.54, 1.807) is 29.9 Å². The number of ether oxygens (including phenoxy) is 2. The number of aromatic nitrogens is 5. The molecular weight excluding hydrogens is 326 g/mol. The molecule has 0 aliphatic heterocycles. The third-order valence-corrected chi connectivity index (χ3v) is 3.94. The number of aromatic amines is 1. The highest BCUT2D eigenvalue weighted by atomic mass is 16.7. The van der Waals surface area contributed by atoms with E-state index in [9.17, 15) is 9.59 Å². The van der Waals surface area contributed by atoms with Gasteiger partial charge in [0.1, 0.15) is 11.8 Å². The number of hydrogen-bond acceptors (Lipinski definition) is 6. The molecule has 0 radical (unpaired) electrons. The fourth-order valence-corrected chi connectivity index (χ4v) is 2.77. The summed E-state index contributed by atoms with van der Waals surface area (Å²) in [7, 11) is 1.23. The van der Waals surface area contributed by atoms with E-state index < -0.39 is 6.16 Å². The lowest BCUT2D eigenvalue weighted by Gasteiger charge is -2.06. The van der Waals surface area contributed by atoms with Gasteiger partial charge in [-0.25, -0.2) is 19.0 Å². The summed E-state index contributed by atoms with van der Waals surface area (Å²) in [4.78, 5) is 27.9. The Bertz CT molecular complexity index is 1170. The third-order valence-electron chi connectivity index (χ3n) is 3.94. The lowest BCUT2D eigenvalue weighted by atomic mass is 10.2. The Balaban J connectivity index is 1.99. The van der Waals surface area contributed by atoms with Crippen molar-refractivity contribution < 1.29 is 14.3 Å². The molecule has 4 rings (SSSR count). The van der Waals surface area contributed by atoms with Crippen LogP contribution in [-0.2, 0) is 4.74 Å². The normalized spacial score (nSPS) is 11.1. The Labute approximate surface area is 140 Å². The molecule has 4 aromatic rings. The Morgan fingerprint density at radius 2 is 2.08 bits per heavy atom. The molecule has 1 aromatic carbocycles. The smallest absolute Gasteiger partial charge is 0.437 e. The molecule has 0 unspecified atom stereocenters. The Morgan fingerprint density at radius 3 is 2.88 bits per heavy atom. The van der Waals surface area contributed by atoms with Crippen LogP contribution in [0.2, 0.25) is 0 Å². The van der Waals surface area contributed by atoms with Gasteiger partial charge in [-0.05, 0) is 19.1 Å². The topological polar surface area (TPSA) is 104 Å². The summed E-state index contributed by atoms with van der Waals surface area (Å²) in [6, 6.07) is 7.18. The van der Waals surface area contributed by atoms with E-state index >= 15 is 0 Å². The molecule has 9 heteroatoms. The van der Waals surface area contributed by atoms with E-state index in [1.807, 2.05) is 12.1 Å². The van der Waals surface area contributed by atoms with Crippen molar-refractivity contribution >= 4 is 22.6 Å². The lowest BCUT2D eigenvalue weighted by Crippen LogP contribution is -2.08. The second-order valence-electron chi connectivity index (χ2n) is 5.34. The van der Waals surface area contributed by atoms with E-state index in [1.165, 1.54) is 18.0 Å². The van der Waals surface area contributed by atoms with E-state index in [-0.39, 0.29) is 5.56 Å². The molecule has 0 bridgehead atoms. The fraction of sp³-hybridized carbons (Fsp3) is 0.125. The minimum Gasteiger partial charge on any atom is -0.437 e. The van der Waals surface area contributed by atoms with Crippen LogP contribution in [0.4, 0.5) is 4.79 Å². The van der Waals surface area contributed by atoms with Crippen molar-refractivity contribution in [2.24, 2.45) is 0 Å². The zero-order valence-electron chi connectivity index (χ0n) is 13.4. The number of carbonyl (C=O) groups is 1. The zero-order chi connectivity index (χ0) is 17.6. The fourth-order valence-electron chi connectivity index (χ4n) is 2.77. The third kappa shape index (κ3) is 2.24. The summed E-state index contributed by atoms with van der Waals surface area (Å²) < 4.78 is 12.8. The molecule has 9 nitrogen and oxygen atoms in total. The van der Waals surface area contributed by atoms with E-state index in [2.05, 4.69) is 19.9 Å². The number of benzene rings is 1. The van der Waals surface area contributed by atoms with Crippen molar-refractivity contribution in [3.05, 3.63) is 52.7 Å². The molecule has 25 heavy (non-hydrogen) atoms. The number of carbonyl (C=O) groups excluding carboxylic acids is 1. The van der Waals surface area contributed by atoms with Crippen molar-refractivity contribution in [1.29, 1.82) is 0 Å². The van der Waals surface area contributed by atoms with Gasteiger partial charge in [0.05, 0.1) is 24.2 Å². The maximum absolute atomic E-state index is 12.2. The maximum atomic E-state index is 12.2. The van der Waals surface area contributed by atoms with Gasteiger partial charge >= 0.3 is 6.16 Å². The second-order valence-corrected chi connectivity index (χ2v) is 5.34. The van der Waals surface area contributed by atoms with Crippen LogP contribution in [0.25, 0.3) is 22.2 Å². The number of methoxy groups -OCH3 is 1. The highest BCUT2D eigenvalue weighted by Crippen LogP contribution is 2.28. The van der Waals surface area contributed by atoms with Crippen molar-refractivity contribution in [3.63, 3.8) is 0 Å². The molecule has 0 fully saturated rings. The summed E-state index contributed by atoms with van der Waals surface area (Å²) in [5, 5.41) is 7.46. The van der Waals surface area contributed by atoms with Crippen LogP contribution in [0.5, 0.6) is 5.75 Å². The average Bonchev–Trinajstić information content (AvgIpc) is 3.13. The first-order valence-corrected chi connectivity index (χ1v) is 7.39. The maximum Gasteiger partial charge on any atom is 0.513 e. The Morgan fingerprint density at radius 1 is 1.28 bits per heavy atom. The summed E-state index contributed by atoms with van der Waals surface area (Å²) in [5.41, 5.74) is 1.70. The monoisotopic (exact) mass is 339 g/mol. The van der Waals surface area contributed by atoms with Gasteiger partial charge in [0.15, 0.2) is 11.6 Å². The number of H-pyrrole nitrogens is 1. The molecule has 126 valence electrons. The molecule has 1 N–H and O–H groups in total. The second kappa shape index (κ2) is 5.48. The number of fused-ring (bicyclic) bond motifs is 2. The highest BCUT2D eigenvalue weighted by molar-refractivity contribution is 5.82. The first-order chi connectivity index (χ1) is 12.1. The summed E-state index contributed by atoms with van der Waals surface area (Å²) >= 11 is 0. The number of rotatable bonds is 2. The molecule has 0 atom stereocenters. The number of hydrogen-bond donors (Lipinski definition) is 1. The number of nitrogens with one attached hydrogen (secondary N) is 1. The molecule has 0 saturated heterocycles. The zero-order valence-corrected chi connectivity index (χ0v) is 13.4. The molecule has 0 aliphatic carbocycles. The molecule has 3 aromatic heterocycles. The Hall–Kier alpha value is -3.62. The first kappa shape index (κ1) is 14.9. The van der Waals surface area contributed by atoms with Crippen LogP contribution in [-0.4, -0.2) is 37.6 Å². The van der Waals surface area contributed by atoms with Crippen LogP contribution < -0.4 is 10.3 Å². The van der Waals surface area contributed by atoms with Crippen LogP contribution in [0, 0.1) is 6.92 Å². The van der Waals surface area contributed by atoms with E-state index in [4.69, 9.17) is 4.74 Å². The first-order valence-electron chi connectivity index (χ1n) is 7.39. The standard InChI is InChI=1S/C16H13N5O4/c1-9-12(25-16(23)24-2)7-20-13(9)14(17-8-18-20)21-11-6-4-3-5-10(11)15(22)19-21/h3-8H,1-2H3,(H,19,22). The van der Waals surface area contributed by atoms with E-state index in [0.717, 1.165) is 0 Å². The number of para-hydroxylation sites is 1. The highest BCUT2D eigenvalue weighted by Gasteiger charge is 2.19. The predicted molar refractivity (Wildman–Crippen MR) is 88.2 cm³/mol. The van der Waals surface area contributed by atoms with Crippen LogP contribution >= 0.6 is 0 Å². The van der Waals surface area contributed by atoms with Gasteiger partial charge in [-0.1, -0.05) is 12.1 Å². The molecule has 0 aliphatic rings. The molecule has 0 saturated carbocycles. The van der Waals surface area contributed by atoms with Crippen LogP contribution in [0.15, 0.2) is 41.6 Å². The average molecular weight is 339 g/mol. The minimum absolute atomic E-state index is 0.220. The van der Waals surface area contributed by atoms with Gasteiger partial charge in [0.25, 0.3) is 5.56 Å². The number of aryl methyl sites for hydroxylation is 1. The largest absolute Gasteiger partial charge is 0.513 e. The predicted octanol–water partition coefficient (Wildman–Crippen LogP) is 1.82. The van der Waals surface area contributed by atoms with Crippen molar-refractivity contribution in [3.8, 4) is 11.6 Å². The van der Waals surface area contributed by atoms with Gasteiger partial charge in [-0.15, -0.1) is 0 Å². The molecular formula is C16H13N5O4. The van der Waals surface area contributed by atoms with E-state index in [0.29, 0.717) is 33.6 Å². The van der Waals surface area contributed by atoms with Gasteiger partial charge in [-0.2, -0.15) is 5.10 Å². The molecule has 0 amide bonds. The van der Waals surface area contributed by atoms with Crippen LogP contribution in [0.3, 0.4) is 0 Å². The molecule has 0 spiro atoms. The summed E-state index contributed by atoms with van der Waals surface area (Å²) in [6.45, 7) is 1.77. The molecule has 3 heterocycles. The minimum atomic E-state index is -0.826. The van der Waals surface area contributed by atoms with Gasteiger partial charge < -0.3 is 9.47 Å².